The van der Waals surface area contributed by atoms with E-state index in [4.69, 9.17) is 4.42 Å². The number of carbonyl (C=O) groups excluding carboxylic acids is 1. The van der Waals surface area contributed by atoms with Crippen molar-refractivity contribution in [3.05, 3.63) is 47.6 Å². The number of aromatic nitrogens is 4. The van der Waals surface area contributed by atoms with Gasteiger partial charge in [-0.15, -0.1) is 0 Å². The highest BCUT2D eigenvalue weighted by atomic mass is 16.3. The number of aromatic amines is 1. The van der Waals surface area contributed by atoms with Gasteiger partial charge in [0.2, 0.25) is 0 Å². The maximum atomic E-state index is 12.4. The number of nitrogens with zero attached hydrogens (tertiary/aromatic N) is 3. The zero-order chi connectivity index (χ0) is 16.4. The minimum Gasteiger partial charge on any atom is -0.460 e. The molecule has 0 aliphatic rings. The molecular weight excluding hydrogens is 294 g/mol. The second-order valence-electron chi connectivity index (χ2n) is 5.39. The third-order valence-corrected chi connectivity index (χ3v) is 3.75. The van der Waals surface area contributed by atoms with E-state index >= 15 is 0 Å². The summed E-state index contributed by atoms with van der Waals surface area (Å²) in [5, 5.41) is 14.0. The molecule has 3 aromatic rings. The van der Waals surface area contributed by atoms with Crippen LogP contribution in [0.1, 0.15) is 41.3 Å². The van der Waals surface area contributed by atoms with Gasteiger partial charge in [0, 0.05) is 19.3 Å². The predicted molar refractivity (Wildman–Crippen MR) is 84.7 cm³/mol. The van der Waals surface area contributed by atoms with Crippen molar-refractivity contribution in [2.45, 2.75) is 26.3 Å². The molecule has 0 aliphatic carbocycles. The number of nitrogens with one attached hydrogen (secondary N) is 2. The van der Waals surface area contributed by atoms with Gasteiger partial charge in [-0.3, -0.25) is 14.6 Å². The minimum absolute atomic E-state index is 0.110. The Morgan fingerprint density at radius 2 is 2.26 bits per heavy atom. The average molecular weight is 313 g/mol. The van der Waals surface area contributed by atoms with E-state index in [-0.39, 0.29) is 11.9 Å². The van der Waals surface area contributed by atoms with Crippen LogP contribution in [0, 0.1) is 6.92 Å². The number of amides is 1. The minimum atomic E-state index is -0.233. The van der Waals surface area contributed by atoms with E-state index in [0.717, 1.165) is 17.9 Å². The summed E-state index contributed by atoms with van der Waals surface area (Å²) in [4.78, 5) is 12.4. The third kappa shape index (κ3) is 3.03. The molecule has 0 aliphatic heterocycles. The van der Waals surface area contributed by atoms with E-state index < -0.39 is 0 Å². The van der Waals surface area contributed by atoms with E-state index in [9.17, 15) is 4.79 Å². The van der Waals surface area contributed by atoms with Gasteiger partial charge in [-0.2, -0.15) is 10.2 Å². The Hall–Kier alpha value is -2.83. The maximum absolute atomic E-state index is 12.4. The van der Waals surface area contributed by atoms with Gasteiger partial charge in [0.25, 0.3) is 5.91 Å². The molecule has 0 fully saturated rings. The SMILES string of the molecule is CC[C@H](NC(=O)c1cc(-c2ccc(C)o2)[nH]n1)c1ccnn1C. The largest absolute Gasteiger partial charge is 0.460 e. The predicted octanol–water partition coefficient (Wildman–Crippen LogP) is 2.59. The summed E-state index contributed by atoms with van der Waals surface area (Å²) >= 11 is 0. The molecule has 0 spiro atoms. The van der Waals surface area contributed by atoms with Gasteiger partial charge in [-0.05, 0) is 31.5 Å². The fraction of sp³-hybridized carbons (Fsp3) is 0.312. The van der Waals surface area contributed by atoms with Crippen molar-refractivity contribution >= 4 is 5.91 Å². The van der Waals surface area contributed by atoms with Gasteiger partial charge in [-0.25, -0.2) is 0 Å². The molecule has 0 saturated carbocycles. The second kappa shape index (κ2) is 6.12. The molecule has 1 amide bonds. The number of aryl methyl sites for hydroxylation is 2. The van der Waals surface area contributed by atoms with E-state index in [1.165, 1.54) is 0 Å². The molecule has 0 saturated heterocycles. The lowest BCUT2D eigenvalue weighted by Gasteiger charge is -2.16. The normalized spacial score (nSPS) is 12.3. The van der Waals surface area contributed by atoms with Crippen molar-refractivity contribution in [1.29, 1.82) is 0 Å². The Bertz CT molecular complexity index is 814. The fourth-order valence-electron chi connectivity index (χ4n) is 2.49. The summed E-state index contributed by atoms with van der Waals surface area (Å²) in [5.41, 5.74) is 1.96. The van der Waals surface area contributed by atoms with Crippen molar-refractivity contribution < 1.29 is 9.21 Å². The summed E-state index contributed by atoms with van der Waals surface area (Å²) < 4.78 is 7.28. The average Bonchev–Trinajstić information content (AvgIpc) is 3.25. The Kier molecular flexibility index (Phi) is 4.01. The van der Waals surface area contributed by atoms with Crippen LogP contribution >= 0.6 is 0 Å². The third-order valence-electron chi connectivity index (χ3n) is 3.75. The highest BCUT2D eigenvalue weighted by molar-refractivity contribution is 5.93. The van der Waals surface area contributed by atoms with Crippen LogP contribution in [0.15, 0.2) is 34.9 Å². The summed E-state index contributed by atoms with van der Waals surface area (Å²) in [6, 6.07) is 7.18. The van der Waals surface area contributed by atoms with Gasteiger partial charge in [0.05, 0.1) is 11.7 Å². The molecule has 3 aromatic heterocycles. The quantitative estimate of drug-likeness (QED) is 0.757. The molecule has 23 heavy (non-hydrogen) atoms. The van der Waals surface area contributed by atoms with Gasteiger partial charge >= 0.3 is 0 Å². The molecule has 0 unspecified atom stereocenters. The molecule has 1 atom stereocenters. The van der Waals surface area contributed by atoms with Gasteiger partial charge in [0.15, 0.2) is 11.5 Å². The zero-order valence-corrected chi connectivity index (χ0v) is 13.3. The number of rotatable bonds is 5. The number of hydrogen-bond donors (Lipinski definition) is 2. The first kappa shape index (κ1) is 15.1. The van der Waals surface area contributed by atoms with Crippen molar-refractivity contribution in [2.24, 2.45) is 7.05 Å². The van der Waals surface area contributed by atoms with Crippen LogP contribution in [0.25, 0.3) is 11.5 Å². The number of furan rings is 1. The van der Waals surface area contributed by atoms with Crippen molar-refractivity contribution in [1.82, 2.24) is 25.3 Å². The lowest BCUT2D eigenvalue weighted by atomic mass is 10.1. The molecule has 0 bridgehead atoms. The Labute approximate surface area is 133 Å². The summed E-state index contributed by atoms with van der Waals surface area (Å²) in [5.74, 6) is 1.24. The highest BCUT2D eigenvalue weighted by Gasteiger charge is 2.19. The standard InChI is InChI=1S/C16H19N5O2/c1-4-11(14-7-8-17-21(14)3)18-16(22)13-9-12(19-20-13)15-6-5-10(2)23-15/h5-9,11H,4H2,1-3H3,(H,18,22)(H,19,20)/t11-/m0/s1. The van der Waals surface area contributed by atoms with Crippen LogP contribution in [0.5, 0.6) is 0 Å². The van der Waals surface area contributed by atoms with Gasteiger partial charge < -0.3 is 9.73 Å². The molecule has 120 valence electrons. The van der Waals surface area contributed by atoms with Crippen LogP contribution in [0.4, 0.5) is 0 Å². The summed E-state index contributed by atoms with van der Waals surface area (Å²) in [6.07, 6.45) is 2.48. The molecular formula is C16H19N5O2. The number of H-pyrrole nitrogens is 1. The topological polar surface area (TPSA) is 88.7 Å². The molecule has 0 aromatic carbocycles. The molecule has 7 nitrogen and oxygen atoms in total. The van der Waals surface area contributed by atoms with Gasteiger partial charge in [-0.1, -0.05) is 6.92 Å². The van der Waals surface area contributed by atoms with Crippen LogP contribution < -0.4 is 5.32 Å². The van der Waals surface area contributed by atoms with E-state index in [1.54, 1.807) is 16.9 Å². The molecule has 3 heterocycles. The lowest BCUT2D eigenvalue weighted by molar-refractivity contribution is 0.0929. The fourth-order valence-corrected chi connectivity index (χ4v) is 2.49. The van der Waals surface area contributed by atoms with Crippen LogP contribution in [-0.4, -0.2) is 25.9 Å². The smallest absolute Gasteiger partial charge is 0.272 e. The van der Waals surface area contributed by atoms with Crippen molar-refractivity contribution in [3.8, 4) is 11.5 Å². The molecule has 2 N–H and O–H groups in total. The molecule has 3 rings (SSSR count). The van der Waals surface area contributed by atoms with E-state index in [2.05, 4.69) is 20.6 Å². The first-order valence-corrected chi connectivity index (χ1v) is 7.49. The monoisotopic (exact) mass is 313 g/mol. The van der Waals surface area contributed by atoms with Crippen molar-refractivity contribution in [2.75, 3.05) is 0 Å². The van der Waals surface area contributed by atoms with Crippen molar-refractivity contribution in [3.63, 3.8) is 0 Å². The van der Waals surface area contributed by atoms with E-state index in [0.29, 0.717) is 17.1 Å². The molecule has 7 heteroatoms. The number of carbonyl (C=O) groups is 1. The first-order chi connectivity index (χ1) is 11.1. The van der Waals surface area contributed by atoms with Crippen LogP contribution in [0.3, 0.4) is 0 Å². The summed E-state index contributed by atoms with van der Waals surface area (Å²) in [7, 11) is 1.86. The Morgan fingerprint density at radius 3 is 2.87 bits per heavy atom. The maximum Gasteiger partial charge on any atom is 0.272 e. The number of hydrogen-bond acceptors (Lipinski definition) is 4. The first-order valence-electron chi connectivity index (χ1n) is 7.49. The molecule has 0 radical (unpaired) electrons. The lowest BCUT2D eigenvalue weighted by Crippen LogP contribution is -2.29. The Balaban J connectivity index is 1.76. The van der Waals surface area contributed by atoms with Crippen LogP contribution in [-0.2, 0) is 7.05 Å². The summed E-state index contributed by atoms with van der Waals surface area (Å²) in [6.45, 7) is 3.88. The van der Waals surface area contributed by atoms with Gasteiger partial charge in [0.1, 0.15) is 11.5 Å². The highest BCUT2D eigenvalue weighted by Crippen LogP contribution is 2.21. The Morgan fingerprint density at radius 1 is 1.43 bits per heavy atom. The second-order valence-corrected chi connectivity index (χ2v) is 5.39. The zero-order valence-electron chi connectivity index (χ0n) is 13.3. The van der Waals surface area contributed by atoms with E-state index in [1.807, 2.05) is 39.1 Å². The van der Waals surface area contributed by atoms with Crippen LogP contribution in [0.2, 0.25) is 0 Å².